The Labute approximate surface area is 188 Å². The number of aromatic nitrogens is 3. The molecule has 0 atom stereocenters. The van der Waals surface area contributed by atoms with Gasteiger partial charge in [0.05, 0.1) is 11.9 Å². The first-order valence-electron chi connectivity index (χ1n) is 10.0. The van der Waals surface area contributed by atoms with Crippen molar-refractivity contribution in [3.8, 4) is 0 Å². The first-order valence-corrected chi connectivity index (χ1v) is 10.4. The summed E-state index contributed by atoms with van der Waals surface area (Å²) < 4.78 is 2.30. The number of benzene rings is 2. The lowest BCUT2D eigenvalue weighted by Gasteiger charge is -2.15. The maximum Gasteiger partial charge on any atom is 0.333 e. The number of carbonyl (C=O) groups excluding carboxylic acids is 1. The van der Waals surface area contributed by atoms with Gasteiger partial charge in [-0.15, -0.1) is 0 Å². The summed E-state index contributed by atoms with van der Waals surface area (Å²) in [5, 5.41) is 3.57. The Hall–Kier alpha value is -3.71. The quantitative estimate of drug-likeness (QED) is 0.506. The highest BCUT2D eigenvalue weighted by Gasteiger charge is 2.18. The number of anilines is 1. The number of nitrogens with one attached hydrogen (secondary N) is 1. The summed E-state index contributed by atoms with van der Waals surface area (Å²) in [7, 11) is 0. The van der Waals surface area contributed by atoms with E-state index in [-0.39, 0.29) is 30.0 Å². The predicted molar refractivity (Wildman–Crippen MR) is 125 cm³/mol. The molecule has 0 saturated carbocycles. The van der Waals surface area contributed by atoms with Gasteiger partial charge in [-0.3, -0.25) is 18.7 Å². The lowest BCUT2D eigenvalue weighted by Crippen LogP contribution is -2.42. The minimum Gasteiger partial charge on any atom is -0.324 e. The lowest BCUT2D eigenvalue weighted by atomic mass is 10.1. The molecule has 0 aliphatic rings. The fourth-order valence-electron chi connectivity index (χ4n) is 3.66. The largest absolute Gasteiger partial charge is 0.333 e. The molecule has 7 nitrogen and oxygen atoms in total. The average molecular weight is 449 g/mol. The molecule has 4 aromatic rings. The van der Waals surface area contributed by atoms with Gasteiger partial charge in [0.15, 0.2) is 0 Å². The van der Waals surface area contributed by atoms with Gasteiger partial charge in [0.2, 0.25) is 5.91 Å². The molecule has 0 unspecified atom stereocenters. The second-order valence-electron chi connectivity index (χ2n) is 7.54. The lowest BCUT2D eigenvalue weighted by molar-refractivity contribution is -0.116. The van der Waals surface area contributed by atoms with Crippen molar-refractivity contribution in [1.29, 1.82) is 0 Å². The highest BCUT2D eigenvalue weighted by Crippen LogP contribution is 2.19. The normalized spacial score (nSPS) is 11.0. The van der Waals surface area contributed by atoms with E-state index in [4.69, 9.17) is 11.6 Å². The molecule has 0 aliphatic carbocycles. The fraction of sp³-hybridized carbons (Fsp3) is 0.167. The van der Waals surface area contributed by atoms with Gasteiger partial charge in [0.1, 0.15) is 12.2 Å². The Morgan fingerprint density at radius 3 is 2.41 bits per heavy atom. The van der Waals surface area contributed by atoms with Gasteiger partial charge in [0.25, 0.3) is 5.56 Å². The van der Waals surface area contributed by atoms with Crippen LogP contribution < -0.4 is 16.6 Å². The van der Waals surface area contributed by atoms with E-state index in [1.54, 1.807) is 36.4 Å². The number of hydrogen-bond donors (Lipinski definition) is 1. The molecule has 0 spiro atoms. The van der Waals surface area contributed by atoms with E-state index in [1.807, 2.05) is 32.0 Å². The van der Waals surface area contributed by atoms with Gasteiger partial charge in [-0.25, -0.2) is 9.78 Å². The van der Waals surface area contributed by atoms with Crippen LogP contribution in [0.2, 0.25) is 5.02 Å². The summed E-state index contributed by atoms with van der Waals surface area (Å²) in [4.78, 5) is 43.4. The van der Waals surface area contributed by atoms with E-state index < -0.39 is 11.2 Å². The van der Waals surface area contributed by atoms with Gasteiger partial charge >= 0.3 is 5.69 Å². The second kappa shape index (κ2) is 8.80. The molecule has 162 valence electrons. The summed E-state index contributed by atoms with van der Waals surface area (Å²) >= 11 is 6.24. The van der Waals surface area contributed by atoms with Gasteiger partial charge in [-0.1, -0.05) is 48.0 Å². The molecule has 0 saturated heterocycles. The molecule has 2 aromatic carbocycles. The number of halogens is 1. The van der Waals surface area contributed by atoms with Crippen molar-refractivity contribution in [2.45, 2.75) is 26.9 Å². The Balaban J connectivity index is 1.79. The first kappa shape index (κ1) is 21.5. The minimum absolute atomic E-state index is 0.0132. The Bertz CT molecular complexity index is 1440. The number of fused-ring (bicyclic) bond motifs is 1. The summed E-state index contributed by atoms with van der Waals surface area (Å²) in [6.45, 7) is 3.49. The maximum absolute atomic E-state index is 13.3. The molecule has 0 fully saturated rings. The van der Waals surface area contributed by atoms with Crippen LogP contribution in [0.3, 0.4) is 0 Å². The number of hydrogen-bond acceptors (Lipinski definition) is 4. The zero-order valence-corrected chi connectivity index (χ0v) is 18.4. The van der Waals surface area contributed by atoms with Crippen molar-refractivity contribution < 1.29 is 4.79 Å². The minimum atomic E-state index is -0.627. The van der Waals surface area contributed by atoms with E-state index in [9.17, 15) is 14.4 Å². The predicted octanol–water partition coefficient (Wildman–Crippen LogP) is 3.52. The summed E-state index contributed by atoms with van der Waals surface area (Å²) in [5.74, 6) is -0.389. The molecule has 4 rings (SSSR count). The van der Waals surface area contributed by atoms with Crippen molar-refractivity contribution in [2.75, 3.05) is 5.32 Å². The molecule has 0 radical (unpaired) electrons. The molecule has 2 heterocycles. The number of pyridine rings is 1. The number of amides is 1. The van der Waals surface area contributed by atoms with Crippen LogP contribution >= 0.6 is 11.6 Å². The molecule has 1 amide bonds. The maximum atomic E-state index is 13.3. The van der Waals surface area contributed by atoms with Crippen molar-refractivity contribution in [1.82, 2.24) is 14.1 Å². The molecular weight excluding hydrogens is 428 g/mol. The third-order valence-corrected chi connectivity index (χ3v) is 5.68. The molecule has 8 heteroatoms. The average Bonchev–Trinajstić information content (AvgIpc) is 2.78. The molecule has 2 aromatic heterocycles. The first-order chi connectivity index (χ1) is 15.4. The van der Waals surface area contributed by atoms with Crippen molar-refractivity contribution in [2.24, 2.45) is 0 Å². The summed E-state index contributed by atoms with van der Waals surface area (Å²) in [6.07, 6.45) is 1.49. The van der Waals surface area contributed by atoms with Crippen LogP contribution in [0.1, 0.15) is 16.7 Å². The van der Waals surface area contributed by atoms with Gasteiger partial charge in [-0.2, -0.15) is 0 Å². The molecule has 0 bridgehead atoms. The number of rotatable bonds is 5. The zero-order chi connectivity index (χ0) is 22.8. The highest BCUT2D eigenvalue weighted by atomic mass is 35.5. The van der Waals surface area contributed by atoms with Crippen LogP contribution in [-0.4, -0.2) is 20.0 Å². The Morgan fingerprint density at radius 2 is 1.69 bits per heavy atom. The standard InChI is InChI=1S/C24H21ClN4O3/c1-15-7-5-8-16(2)21(15)27-20(30)14-28-22-18(10-6-12-26-22)23(31)29(24(28)32)13-17-9-3-4-11-19(17)25/h3-12H,13-14H2,1-2H3,(H,27,30). The third kappa shape index (κ3) is 4.07. The Kier molecular flexibility index (Phi) is 5.92. The van der Waals surface area contributed by atoms with Gasteiger partial charge in [0, 0.05) is 16.9 Å². The van der Waals surface area contributed by atoms with Crippen LogP contribution in [0.4, 0.5) is 5.69 Å². The van der Waals surface area contributed by atoms with E-state index >= 15 is 0 Å². The van der Waals surface area contributed by atoms with E-state index in [0.717, 1.165) is 15.7 Å². The van der Waals surface area contributed by atoms with Crippen molar-refractivity contribution in [3.63, 3.8) is 0 Å². The van der Waals surface area contributed by atoms with Gasteiger partial charge in [-0.05, 0) is 48.7 Å². The molecule has 0 aliphatic heterocycles. The third-order valence-electron chi connectivity index (χ3n) is 5.31. The van der Waals surface area contributed by atoms with Gasteiger partial charge < -0.3 is 5.32 Å². The van der Waals surface area contributed by atoms with Crippen molar-refractivity contribution >= 4 is 34.2 Å². The monoisotopic (exact) mass is 448 g/mol. The van der Waals surface area contributed by atoms with Crippen molar-refractivity contribution in [3.05, 3.63) is 103 Å². The highest BCUT2D eigenvalue weighted by molar-refractivity contribution is 6.31. The van der Waals surface area contributed by atoms with Crippen LogP contribution in [0.5, 0.6) is 0 Å². The molecular formula is C24H21ClN4O3. The van der Waals surface area contributed by atoms with Crippen LogP contribution in [0, 0.1) is 13.8 Å². The number of carbonyl (C=O) groups is 1. The van der Waals surface area contributed by atoms with Crippen LogP contribution in [0.15, 0.2) is 70.4 Å². The smallest absolute Gasteiger partial charge is 0.324 e. The van der Waals surface area contributed by atoms with E-state index in [1.165, 1.54) is 10.8 Å². The summed E-state index contributed by atoms with van der Waals surface area (Å²) in [6, 6.07) is 15.9. The molecule has 1 N–H and O–H groups in total. The number of nitrogens with zero attached hydrogens (tertiary/aromatic N) is 3. The summed E-state index contributed by atoms with van der Waals surface area (Å²) in [5.41, 5.74) is 2.21. The second-order valence-corrected chi connectivity index (χ2v) is 7.95. The van der Waals surface area contributed by atoms with Crippen LogP contribution in [0.25, 0.3) is 11.0 Å². The van der Waals surface area contributed by atoms with E-state index in [2.05, 4.69) is 10.3 Å². The zero-order valence-electron chi connectivity index (χ0n) is 17.6. The number of para-hydroxylation sites is 1. The fourth-order valence-corrected chi connectivity index (χ4v) is 3.86. The van der Waals surface area contributed by atoms with E-state index in [0.29, 0.717) is 16.3 Å². The van der Waals surface area contributed by atoms with Crippen LogP contribution in [-0.2, 0) is 17.9 Å². The Morgan fingerprint density at radius 1 is 0.969 bits per heavy atom. The topological polar surface area (TPSA) is 86.0 Å². The molecule has 32 heavy (non-hydrogen) atoms. The number of aryl methyl sites for hydroxylation is 2. The SMILES string of the molecule is Cc1cccc(C)c1NC(=O)Cn1c(=O)n(Cc2ccccc2Cl)c(=O)c2cccnc21.